The molecule has 1 aliphatic carbocycles. The van der Waals surface area contributed by atoms with Gasteiger partial charge in [0, 0.05) is 31.5 Å². The SMILES string of the molecule is COc1cccc([C@@H]2[C@@H]3CN(Cc4ccccc4)CC=C3C(C#N)=C(N)C2(C#N)C#N)c1. The molecule has 0 unspecified atom stereocenters. The lowest BCUT2D eigenvalue weighted by Crippen LogP contribution is -2.47. The van der Waals surface area contributed by atoms with E-state index in [9.17, 15) is 15.8 Å². The average molecular weight is 422 g/mol. The Kier molecular flexibility index (Phi) is 5.69. The molecule has 0 saturated carbocycles. The standard InChI is InChI=1S/C26H23N5O/c1-32-20-9-5-8-19(12-20)24-23-15-31(14-18-6-3-2-4-7-18)11-10-21(23)22(13-27)25(30)26(24,16-28)17-29/h2-10,12,23-24H,11,14-15,30H2,1H3/t23-,24-/m1/s1. The fraction of sp³-hybridized carbons (Fsp3) is 0.269. The molecule has 0 fully saturated rings. The molecule has 0 radical (unpaired) electrons. The Balaban J connectivity index is 1.85. The predicted octanol–water partition coefficient (Wildman–Crippen LogP) is 3.62. The molecule has 1 aliphatic heterocycles. The maximum absolute atomic E-state index is 10.2. The van der Waals surface area contributed by atoms with Crippen molar-refractivity contribution in [2.24, 2.45) is 17.1 Å². The Bertz CT molecular complexity index is 1200. The van der Waals surface area contributed by atoms with E-state index in [-0.39, 0.29) is 17.2 Å². The van der Waals surface area contributed by atoms with E-state index in [1.807, 2.05) is 48.5 Å². The molecule has 0 saturated heterocycles. The van der Waals surface area contributed by atoms with E-state index in [1.165, 1.54) is 5.56 Å². The second kappa shape index (κ2) is 8.60. The first-order valence-corrected chi connectivity index (χ1v) is 10.4. The highest BCUT2D eigenvalue weighted by Crippen LogP contribution is 2.54. The summed E-state index contributed by atoms with van der Waals surface area (Å²) in [7, 11) is 1.58. The van der Waals surface area contributed by atoms with Gasteiger partial charge in [-0.05, 0) is 28.8 Å². The van der Waals surface area contributed by atoms with Crippen LogP contribution in [0.15, 0.2) is 77.5 Å². The summed E-state index contributed by atoms with van der Waals surface area (Å²) in [6, 6.07) is 24.1. The van der Waals surface area contributed by atoms with E-state index in [1.54, 1.807) is 7.11 Å². The number of methoxy groups -OCH3 is 1. The molecule has 2 aromatic rings. The largest absolute Gasteiger partial charge is 0.497 e. The van der Waals surface area contributed by atoms with Crippen molar-refractivity contribution in [2.45, 2.75) is 12.5 Å². The Morgan fingerprint density at radius 1 is 1.09 bits per heavy atom. The monoisotopic (exact) mass is 421 g/mol. The minimum Gasteiger partial charge on any atom is -0.497 e. The number of nitriles is 3. The molecule has 158 valence electrons. The number of hydrogen-bond donors (Lipinski definition) is 1. The molecule has 6 heteroatoms. The van der Waals surface area contributed by atoms with Crippen LogP contribution in [0.5, 0.6) is 5.75 Å². The van der Waals surface area contributed by atoms with Gasteiger partial charge in [-0.2, -0.15) is 15.8 Å². The molecule has 1 heterocycles. The fourth-order valence-electron chi connectivity index (χ4n) is 4.92. The summed E-state index contributed by atoms with van der Waals surface area (Å²) >= 11 is 0. The zero-order valence-corrected chi connectivity index (χ0v) is 17.8. The van der Waals surface area contributed by atoms with Crippen molar-refractivity contribution in [1.82, 2.24) is 4.90 Å². The third kappa shape index (κ3) is 3.40. The van der Waals surface area contributed by atoms with E-state index >= 15 is 0 Å². The summed E-state index contributed by atoms with van der Waals surface area (Å²) in [5.41, 5.74) is 7.84. The maximum Gasteiger partial charge on any atom is 0.191 e. The molecule has 0 spiro atoms. The van der Waals surface area contributed by atoms with Gasteiger partial charge in [-0.3, -0.25) is 4.90 Å². The number of ether oxygens (including phenoxy) is 1. The zero-order chi connectivity index (χ0) is 22.7. The first kappa shape index (κ1) is 21.2. The summed E-state index contributed by atoms with van der Waals surface area (Å²) in [5, 5.41) is 30.3. The first-order valence-electron chi connectivity index (χ1n) is 10.4. The van der Waals surface area contributed by atoms with Crippen LogP contribution < -0.4 is 10.5 Å². The molecule has 2 aromatic carbocycles. The van der Waals surface area contributed by atoms with Crippen molar-refractivity contribution in [3.8, 4) is 24.0 Å². The van der Waals surface area contributed by atoms with Crippen LogP contribution in [0.3, 0.4) is 0 Å². The van der Waals surface area contributed by atoms with E-state index in [0.717, 1.165) is 17.7 Å². The highest BCUT2D eigenvalue weighted by Gasteiger charge is 2.54. The average Bonchev–Trinajstić information content (AvgIpc) is 2.84. The molecule has 32 heavy (non-hydrogen) atoms. The molecule has 2 aliphatic rings. The van der Waals surface area contributed by atoms with Crippen LogP contribution in [-0.4, -0.2) is 25.1 Å². The van der Waals surface area contributed by atoms with E-state index in [0.29, 0.717) is 18.8 Å². The van der Waals surface area contributed by atoms with Crippen molar-refractivity contribution in [2.75, 3.05) is 20.2 Å². The van der Waals surface area contributed by atoms with Crippen molar-refractivity contribution >= 4 is 0 Å². The molecular weight excluding hydrogens is 398 g/mol. The van der Waals surface area contributed by atoms with E-state index in [2.05, 4.69) is 35.2 Å². The maximum atomic E-state index is 10.2. The summed E-state index contributed by atoms with van der Waals surface area (Å²) < 4.78 is 5.40. The lowest BCUT2D eigenvalue weighted by Gasteiger charge is -2.45. The second-order valence-corrected chi connectivity index (χ2v) is 8.13. The van der Waals surface area contributed by atoms with E-state index < -0.39 is 11.3 Å². The molecule has 2 atom stereocenters. The Hall–Kier alpha value is -4.05. The molecule has 0 bridgehead atoms. The van der Waals surface area contributed by atoms with Gasteiger partial charge < -0.3 is 10.5 Å². The fourth-order valence-corrected chi connectivity index (χ4v) is 4.92. The number of nitrogens with zero attached hydrogens (tertiary/aromatic N) is 4. The van der Waals surface area contributed by atoms with Crippen LogP contribution in [0.2, 0.25) is 0 Å². The van der Waals surface area contributed by atoms with Crippen LogP contribution in [0.4, 0.5) is 0 Å². The number of rotatable bonds is 4. The Morgan fingerprint density at radius 3 is 2.50 bits per heavy atom. The van der Waals surface area contributed by atoms with Gasteiger partial charge >= 0.3 is 0 Å². The van der Waals surface area contributed by atoms with Gasteiger partial charge in [-0.1, -0.05) is 48.5 Å². The van der Waals surface area contributed by atoms with Crippen molar-refractivity contribution in [3.63, 3.8) is 0 Å². The molecule has 2 N–H and O–H groups in total. The normalized spacial score (nSPS) is 22.0. The highest BCUT2D eigenvalue weighted by molar-refractivity contribution is 5.59. The lowest BCUT2D eigenvalue weighted by molar-refractivity contribution is 0.201. The molecule has 4 rings (SSSR count). The number of hydrogen-bond acceptors (Lipinski definition) is 6. The quantitative estimate of drug-likeness (QED) is 0.807. The summed E-state index contributed by atoms with van der Waals surface area (Å²) in [5.74, 6) is -0.126. The Morgan fingerprint density at radius 2 is 1.84 bits per heavy atom. The Labute approximate surface area is 188 Å². The lowest BCUT2D eigenvalue weighted by atomic mass is 9.58. The number of benzene rings is 2. The molecule has 0 amide bonds. The van der Waals surface area contributed by atoms with Crippen LogP contribution >= 0.6 is 0 Å². The number of allylic oxidation sites excluding steroid dienone is 2. The van der Waals surface area contributed by atoms with Gasteiger partial charge in [0.05, 0.1) is 30.5 Å². The van der Waals surface area contributed by atoms with Crippen LogP contribution in [0.1, 0.15) is 17.0 Å². The van der Waals surface area contributed by atoms with E-state index in [4.69, 9.17) is 10.5 Å². The summed E-state index contributed by atoms with van der Waals surface area (Å²) in [6.45, 7) is 2.00. The highest BCUT2D eigenvalue weighted by atomic mass is 16.5. The van der Waals surface area contributed by atoms with Gasteiger partial charge in [-0.15, -0.1) is 0 Å². The molecule has 0 aromatic heterocycles. The minimum atomic E-state index is -1.64. The third-order valence-corrected chi connectivity index (χ3v) is 6.44. The number of fused-ring (bicyclic) bond motifs is 1. The van der Waals surface area contributed by atoms with Gasteiger partial charge in [0.2, 0.25) is 0 Å². The minimum absolute atomic E-state index is 0.0387. The van der Waals surface area contributed by atoms with Gasteiger partial charge in [0.1, 0.15) is 11.8 Å². The number of nitrogens with two attached hydrogens (primary N) is 1. The van der Waals surface area contributed by atoms with Crippen LogP contribution in [-0.2, 0) is 6.54 Å². The van der Waals surface area contributed by atoms with Gasteiger partial charge in [-0.25, -0.2) is 0 Å². The molecular formula is C26H23N5O. The van der Waals surface area contributed by atoms with Gasteiger partial charge in [0.25, 0.3) is 0 Å². The smallest absolute Gasteiger partial charge is 0.191 e. The predicted molar refractivity (Wildman–Crippen MR) is 120 cm³/mol. The van der Waals surface area contributed by atoms with Crippen molar-refractivity contribution in [3.05, 3.63) is 88.6 Å². The summed E-state index contributed by atoms with van der Waals surface area (Å²) in [6.07, 6.45) is 2.02. The van der Waals surface area contributed by atoms with Crippen molar-refractivity contribution in [1.29, 1.82) is 15.8 Å². The first-order chi connectivity index (χ1) is 15.6. The third-order valence-electron chi connectivity index (χ3n) is 6.44. The van der Waals surface area contributed by atoms with Crippen LogP contribution in [0.25, 0.3) is 0 Å². The zero-order valence-electron chi connectivity index (χ0n) is 17.8. The van der Waals surface area contributed by atoms with Crippen molar-refractivity contribution < 1.29 is 4.74 Å². The van der Waals surface area contributed by atoms with Gasteiger partial charge in [0.15, 0.2) is 5.41 Å². The summed E-state index contributed by atoms with van der Waals surface area (Å²) in [4.78, 5) is 2.27. The second-order valence-electron chi connectivity index (χ2n) is 8.13. The molecule has 6 nitrogen and oxygen atoms in total. The van der Waals surface area contributed by atoms with Crippen LogP contribution in [0, 0.1) is 45.3 Å². The topological polar surface area (TPSA) is 110 Å².